The SMILES string of the molecule is Cn1nnc2c1CCN(C(=O)Cc1ccccn1)C2COCC1CC1. The summed E-state index contributed by atoms with van der Waals surface area (Å²) >= 11 is 0. The Balaban J connectivity index is 1.50. The highest BCUT2D eigenvalue weighted by atomic mass is 16.5. The molecule has 0 spiro atoms. The molecule has 7 heteroatoms. The number of carbonyl (C=O) groups excluding carboxylic acids is 1. The quantitative estimate of drug-likeness (QED) is 0.792. The molecular weight excluding hydrogens is 318 g/mol. The molecule has 2 aromatic heterocycles. The van der Waals surface area contributed by atoms with Crippen LogP contribution in [0.5, 0.6) is 0 Å². The maximum atomic E-state index is 12.9. The molecule has 0 bridgehead atoms. The van der Waals surface area contributed by atoms with E-state index in [1.807, 2.05) is 34.8 Å². The zero-order valence-electron chi connectivity index (χ0n) is 14.5. The third-order valence-corrected chi connectivity index (χ3v) is 4.96. The van der Waals surface area contributed by atoms with Gasteiger partial charge >= 0.3 is 0 Å². The van der Waals surface area contributed by atoms with Crippen molar-refractivity contribution in [2.75, 3.05) is 19.8 Å². The van der Waals surface area contributed by atoms with E-state index < -0.39 is 0 Å². The number of fused-ring (bicyclic) bond motifs is 1. The number of hydrogen-bond acceptors (Lipinski definition) is 5. The maximum Gasteiger partial charge on any atom is 0.229 e. The molecule has 2 aliphatic rings. The Morgan fingerprint density at radius 3 is 2.96 bits per heavy atom. The van der Waals surface area contributed by atoms with Crippen LogP contribution in [0, 0.1) is 5.92 Å². The highest BCUT2D eigenvalue weighted by molar-refractivity contribution is 5.79. The fourth-order valence-corrected chi connectivity index (χ4v) is 3.33. The summed E-state index contributed by atoms with van der Waals surface area (Å²) in [5.41, 5.74) is 2.76. The zero-order valence-corrected chi connectivity index (χ0v) is 14.5. The van der Waals surface area contributed by atoms with Gasteiger partial charge in [-0.15, -0.1) is 5.10 Å². The van der Waals surface area contributed by atoms with Gasteiger partial charge in [-0.3, -0.25) is 14.5 Å². The molecule has 132 valence electrons. The summed E-state index contributed by atoms with van der Waals surface area (Å²) in [6.45, 7) is 1.92. The lowest BCUT2D eigenvalue weighted by Crippen LogP contribution is -2.43. The molecule has 0 saturated heterocycles. The van der Waals surface area contributed by atoms with Gasteiger partial charge in [-0.2, -0.15) is 0 Å². The molecule has 7 nitrogen and oxygen atoms in total. The number of hydrogen-bond donors (Lipinski definition) is 0. The molecule has 2 aromatic rings. The normalized spacial score (nSPS) is 19.7. The summed E-state index contributed by atoms with van der Waals surface area (Å²) in [4.78, 5) is 19.0. The molecule has 1 amide bonds. The van der Waals surface area contributed by atoms with E-state index in [9.17, 15) is 4.79 Å². The smallest absolute Gasteiger partial charge is 0.229 e. The molecule has 1 unspecified atom stereocenters. The van der Waals surface area contributed by atoms with Gasteiger partial charge in [-0.25, -0.2) is 0 Å². The minimum absolute atomic E-state index is 0.0648. The molecule has 1 atom stereocenters. The van der Waals surface area contributed by atoms with Crippen LogP contribution in [0.1, 0.15) is 36.0 Å². The van der Waals surface area contributed by atoms with E-state index in [1.54, 1.807) is 6.20 Å². The lowest BCUT2D eigenvalue weighted by atomic mass is 10.0. The summed E-state index contributed by atoms with van der Waals surface area (Å²) in [5.74, 6) is 0.762. The number of rotatable bonds is 6. The third kappa shape index (κ3) is 3.56. The Labute approximate surface area is 147 Å². The Morgan fingerprint density at radius 1 is 1.32 bits per heavy atom. The molecule has 1 saturated carbocycles. The summed E-state index contributed by atoms with van der Waals surface area (Å²) in [5, 5.41) is 8.46. The van der Waals surface area contributed by atoms with Crippen molar-refractivity contribution >= 4 is 5.91 Å². The average molecular weight is 341 g/mol. The van der Waals surface area contributed by atoms with Gasteiger partial charge in [-0.1, -0.05) is 11.3 Å². The van der Waals surface area contributed by atoms with Gasteiger partial charge in [0.1, 0.15) is 11.7 Å². The van der Waals surface area contributed by atoms with Crippen molar-refractivity contribution < 1.29 is 9.53 Å². The highest BCUT2D eigenvalue weighted by Crippen LogP contribution is 2.31. The van der Waals surface area contributed by atoms with Crippen LogP contribution < -0.4 is 0 Å². The molecule has 0 aromatic carbocycles. The van der Waals surface area contributed by atoms with Crippen LogP contribution in [0.2, 0.25) is 0 Å². The number of aryl methyl sites for hydroxylation is 1. The Kier molecular flexibility index (Phi) is 4.48. The van der Waals surface area contributed by atoms with Crippen LogP contribution >= 0.6 is 0 Å². The van der Waals surface area contributed by atoms with E-state index in [-0.39, 0.29) is 11.9 Å². The maximum absolute atomic E-state index is 12.9. The van der Waals surface area contributed by atoms with Crippen molar-refractivity contribution in [1.29, 1.82) is 0 Å². The van der Waals surface area contributed by atoms with Crippen molar-refractivity contribution in [2.24, 2.45) is 13.0 Å². The van der Waals surface area contributed by atoms with Crippen LogP contribution in [0.25, 0.3) is 0 Å². The number of ether oxygens (including phenoxy) is 1. The Bertz CT molecular complexity index is 741. The van der Waals surface area contributed by atoms with Crippen molar-refractivity contribution in [1.82, 2.24) is 24.9 Å². The second-order valence-corrected chi connectivity index (χ2v) is 6.88. The van der Waals surface area contributed by atoms with Gasteiger partial charge in [0.15, 0.2) is 0 Å². The van der Waals surface area contributed by atoms with E-state index in [2.05, 4.69) is 15.3 Å². The molecule has 3 heterocycles. The van der Waals surface area contributed by atoms with Crippen LogP contribution in [0.15, 0.2) is 24.4 Å². The first-order chi connectivity index (χ1) is 12.2. The first-order valence-corrected chi connectivity index (χ1v) is 8.88. The van der Waals surface area contributed by atoms with Crippen molar-refractivity contribution in [2.45, 2.75) is 31.7 Å². The van der Waals surface area contributed by atoms with Gasteiger partial charge in [-0.05, 0) is 30.9 Å². The summed E-state index contributed by atoms with van der Waals surface area (Å²) in [6, 6.07) is 5.49. The lowest BCUT2D eigenvalue weighted by molar-refractivity contribution is -0.135. The van der Waals surface area contributed by atoms with Crippen molar-refractivity contribution in [3.05, 3.63) is 41.5 Å². The summed E-state index contributed by atoms with van der Waals surface area (Å²) in [7, 11) is 1.90. The Morgan fingerprint density at radius 2 is 2.20 bits per heavy atom. The average Bonchev–Trinajstić information content (AvgIpc) is 3.37. The van der Waals surface area contributed by atoms with Crippen LogP contribution in [0.4, 0.5) is 0 Å². The first kappa shape index (κ1) is 16.2. The van der Waals surface area contributed by atoms with Crippen molar-refractivity contribution in [3.63, 3.8) is 0 Å². The molecule has 4 rings (SSSR count). The van der Waals surface area contributed by atoms with E-state index in [4.69, 9.17) is 4.74 Å². The van der Waals surface area contributed by atoms with Crippen LogP contribution in [0.3, 0.4) is 0 Å². The number of nitrogens with zero attached hydrogens (tertiary/aromatic N) is 5. The van der Waals surface area contributed by atoms with E-state index in [0.717, 1.165) is 30.1 Å². The van der Waals surface area contributed by atoms with Gasteiger partial charge in [0, 0.05) is 38.5 Å². The summed E-state index contributed by atoms with van der Waals surface area (Å²) in [6.07, 6.45) is 5.30. The fourth-order valence-electron chi connectivity index (χ4n) is 3.33. The number of amides is 1. The van der Waals surface area contributed by atoms with Crippen LogP contribution in [-0.4, -0.2) is 50.5 Å². The third-order valence-electron chi connectivity index (χ3n) is 4.96. The number of pyridine rings is 1. The van der Waals surface area contributed by atoms with E-state index in [1.165, 1.54) is 12.8 Å². The molecule has 0 N–H and O–H groups in total. The number of aromatic nitrogens is 4. The second kappa shape index (κ2) is 6.92. The summed E-state index contributed by atoms with van der Waals surface area (Å²) < 4.78 is 7.72. The van der Waals surface area contributed by atoms with Gasteiger partial charge in [0.2, 0.25) is 5.91 Å². The van der Waals surface area contributed by atoms with E-state index in [0.29, 0.717) is 25.5 Å². The molecule has 1 aliphatic heterocycles. The Hall–Kier alpha value is -2.28. The minimum Gasteiger partial charge on any atom is -0.379 e. The first-order valence-electron chi connectivity index (χ1n) is 8.88. The highest BCUT2D eigenvalue weighted by Gasteiger charge is 2.35. The fraction of sp³-hybridized carbons (Fsp3) is 0.556. The predicted octanol–water partition coefficient (Wildman–Crippen LogP) is 1.31. The molecule has 0 radical (unpaired) electrons. The molecule has 1 aliphatic carbocycles. The number of carbonyl (C=O) groups is 1. The zero-order chi connectivity index (χ0) is 17.2. The van der Waals surface area contributed by atoms with E-state index >= 15 is 0 Å². The molecular formula is C18H23N5O2. The van der Waals surface area contributed by atoms with Crippen molar-refractivity contribution in [3.8, 4) is 0 Å². The second-order valence-electron chi connectivity index (χ2n) is 6.88. The molecule has 25 heavy (non-hydrogen) atoms. The topological polar surface area (TPSA) is 73.1 Å². The molecule has 1 fully saturated rings. The largest absolute Gasteiger partial charge is 0.379 e. The van der Waals surface area contributed by atoms with Gasteiger partial charge in [0.25, 0.3) is 0 Å². The van der Waals surface area contributed by atoms with Gasteiger partial charge in [0.05, 0.1) is 18.7 Å². The van der Waals surface area contributed by atoms with Gasteiger partial charge < -0.3 is 9.64 Å². The van der Waals surface area contributed by atoms with Crippen LogP contribution in [-0.2, 0) is 29.4 Å². The lowest BCUT2D eigenvalue weighted by Gasteiger charge is -2.34. The standard InChI is InChI=1S/C18H23N5O2/c1-22-15-7-9-23(17(24)10-14-4-2-3-8-19-14)16(18(15)20-21-22)12-25-11-13-5-6-13/h2-4,8,13,16H,5-7,9-12H2,1H3. The minimum atomic E-state index is -0.160. The monoisotopic (exact) mass is 341 g/mol. The predicted molar refractivity (Wildman–Crippen MR) is 90.6 cm³/mol.